The number of nitrogens with two attached hydrogens (primary N) is 1. The van der Waals surface area contributed by atoms with Gasteiger partial charge in [-0.25, -0.2) is 14.4 Å². The number of methoxy groups -OCH3 is 3. The summed E-state index contributed by atoms with van der Waals surface area (Å²) in [5.74, 6) is -0.0109. The number of nitrogens with one attached hydrogen (secondary N) is 2. The van der Waals surface area contributed by atoms with Crippen LogP contribution in [0.1, 0.15) is 13.8 Å². The molecule has 0 bridgehead atoms. The van der Waals surface area contributed by atoms with E-state index in [4.69, 9.17) is 24.7 Å². The third-order valence-electron chi connectivity index (χ3n) is 5.39. The molecule has 13 nitrogen and oxygen atoms in total. The van der Waals surface area contributed by atoms with Crippen LogP contribution in [0, 0.1) is 5.82 Å². The molecule has 196 valence electrons. The van der Waals surface area contributed by atoms with Crippen molar-refractivity contribution in [2.45, 2.75) is 25.8 Å². The average molecular weight is 516 g/mol. The van der Waals surface area contributed by atoms with Gasteiger partial charge in [0.1, 0.15) is 5.82 Å². The van der Waals surface area contributed by atoms with E-state index in [9.17, 15) is 14.3 Å². The number of halogens is 1. The van der Waals surface area contributed by atoms with Gasteiger partial charge < -0.3 is 34.7 Å². The van der Waals surface area contributed by atoms with Crippen molar-refractivity contribution in [2.75, 3.05) is 36.9 Å². The van der Waals surface area contributed by atoms with Crippen LogP contribution in [-0.2, 0) is 4.79 Å². The number of rotatable bonds is 8. The fraction of sp³-hybridized carbons (Fsp3) is 0.304. The maximum Gasteiger partial charge on any atom is 0.269 e. The largest absolute Gasteiger partial charge is 0.493 e. The van der Waals surface area contributed by atoms with E-state index >= 15 is 0 Å². The van der Waals surface area contributed by atoms with Crippen molar-refractivity contribution >= 4 is 35.0 Å². The van der Waals surface area contributed by atoms with Crippen LogP contribution in [0.5, 0.6) is 23.0 Å². The average Bonchev–Trinajstić information content (AvgIpc) is 2.86. The zero-order chi connectivity index (χ0) is 26.9. The number of carbonyl (C=O) groups is 1. The fourth-order valence-corrected chi connectivity index (χ4v) is 3.54. The zero-order valence-electron chi connectivity index (χ0n) is 20.7. The third-order valence-corrected chi connectivity index (χ3v) is 5.39. The van der Waals surface area contributed by atoms with Crippen molar-refractivity contribution < 1.29 is 33.2 Å². The molecule has 0 aliphatic carbocycles. The maximum absolute atomic E-state index is 14.7. The van der Waals surface area contributed by atoms with Crippen LogP contribution in [-0.4, -0.2) is 59.2 Å². The summed E-state index contributed by atoms with van der Waals surface area (Å²) in [7, 11) is 4.31. The van der Waals surface area contributed by atoms with Crippen LogP contribution >= 0.6 is 0 Å². The Kier molecular flexibility index (Phi) is 6.87. The number of hydrogen-bond acceptors (Lipinski definition) is 12. The number of anilines is 5. The summed E-state index contributed by atoms with van der Waals surface area (Å²) >= 11 is 0. The van der Waals surface area contributed by atoms with Gasteiger partial charge in [-0.1, -0.05) is 0 Å². The lowest BCUT2D eigenvalue weighted by Crippen LogP contribution is -2.46. The number of nitrogens with zero attached hydrogens (tertiary/aromatic N) is 4. The number of carbonyl (C=O) groups excluding carboxylic acids is 1. The van der Waals surface area contributed by atoms with Gasteiger partial charge >= 0.3 is 0 Å². The summed E-state index contributed by atoms with van der Waals surface area (Å²) in [5, 5.41) is 15.8. The lowest BCUT2D eigenvalue weighted by molar-refractivity contribution is -0.129. The van der Waals surface area contributed by atoms with Crippen molar-refractivity contribution in [1.29, 1.82) is 0 Å². The molecule has 0 radical (unpaired) electrons. The predicted molar refractivity (Wildman–Crippen MR) is 131 cm³/mol. The highest BCUT2D eigenvalue weighted by Gasteiger charge is 2.36. The van der Waals surface area contributed by atoms with Gasteiger partial charge in [0.2, 0.25) is 11.7 Å². The fourth-order valence-electron chi connectivity index (χ4n) is 3.54. The molecule has 1 aliphatic heterocycles. The lowest BCUT2D eigenvalue weighted by Gasteiger charge is -2.30. The summed E-state index contributed by atoms with van der Waals surface area (Å²) in [5.41, 5.74) is 5.03. The minimum Gasteiger partial charge on any atom is -0.493 e. The first-order valence-electron chi connectivity index (χ1n) is 10.9. The Morgan fingerprint density at radius 2 is 1.84 bits per heavy atom. The number of aliphatic hydroxyl groups is 1. The van der Waals surface area contributed by atoms with Gasteiger partial charge in [-0.05, 0) is 26.0 Å². The first kappa shape index (κ1) is 25.7. The SMILES string of the molecule is COc1cc(N(c2ncc(F)c(Nc3ccc4c(n3)NC(=O)C(C)(C)O4)n2)C(N)O)cc(OC)c1OC. The maximum atomic E-state index is 14.7. The second-order valence-corrected chi connectivity index (χ2v) is 8.27. The number of benzene rings is 1. The molecule has 1 atom stereocenters. The summed E-state index contributed by atoms with van der Waals surface area (Å²) in [6.45, 7) is 3.25. The number of ether oxygens (including phenoxy) is 4. The van der Waals surface area contributed by atoms with Gasteiger partial charge in [-0.15, -0.1) is 0 Å². The van der Waals surface area contributed by atoms with E-state index < -0.39 is 17.8 Å². The minimum atomic E-state index is -1.63. The molecule has 1 aliphatic rings. The van der Waals surface area contributed by atoms with Crippen LogP contribution in [0.2, 0.25) is 0 Å². The number of hydrogen-bond donors (Lipinski definition) is 4. The van der Waals surface area contributed by atoms with E-state index in [0.29, 0.717) is 11.5 Å². The molecule has 2 aromatic heterocycles. The van der Waals surface area contributed by atoms with E-state index in [1.807, 2.05) is 0 Å². The molecule has 14 heteroatoms. The molecule has 1 amide bonds. The first-order valence-corrected chi connectivity index (χ1v) is 10.9. The van der Waals surface area contributed by atoms with Crippen molar-refractivity contribution in [3.8, 4) is 23.0 Å². The number of aliphatic hydroxyl groups excluding tert-OH is 1. The summed E-state index contributed by atoms with van der Waals surface area (Å²) < 4.78 is 36.4. The Balaban J connectivity index is 1.70. The van der Waals surface area contributed by atoms with E-state index in [1.165, 1.54) is 39.5 Å². The molecule has 4 rings (SSSR count). The molecule has 3 aromatic rings. The normalized spacial score (nSPS) is 14.5. The highest BCUT2D eigenvalue weighted by molar-refractivity contribution is 5.99. The molecule has 37 heavy (non-hydrogen) atoms. The van der Waals surface area contributed by atoms with Crippen molar-refractivity contribution in [3.63, 3.8) is 0 Å². The summed E-state index contributed by atoms with van der Waals surface area (Å²) in [4.78, 5) is 25.8. The number of fused-ring (bicyclic) bond motifs is 1. The second-order valence-electron chi connectivity index (χ2n) is 8.27. The molecule has 5 N–H and O–H groups in total. The Labute approximate surface area is 211 Å². The van der Waals surface area contributed by atoms with E-state index in [2.05, 4.69) is 25.6 Å². The van der Waals surface area contributed by atoms with Crippen LogP contribution in [0.4, 0.5) is 33.5 Å². The van der Waals surface area contributed by atoms with Crippen molar-refractivity contribution in [3.05, 3.63) is 36.3 Å². The summed E-state index contributed by atoms with van der Waals surface area (Å²) in [6, 6.07) is 6.15. The molecule has 0 fully saturated rings. The van der Waals surface area contributed by atoms with E-state index in [-0.39, 0.29) is 46.5 Å². The highest BCUT2D eigenvalue weighted by Crippen LogP contribution is 2.42. The minimum absolute atomic E-state index is 0.149. The van der Waals surface area contributed by atoms with Gasteiger partial charge in [-0.3, -0.25) is 15.4 Å². The monoisotopic (exact) mass is 515 g/mol. The molecular formula is C23H26FN7O6. The number of pyridine rings is 1. The molecule has 1 unspecified atom stereocenters. The molecule has 0 saturated heterocycles. The van der Waals surface area contributed by atoms with E-state index in [1.54, 1.807) is 19.9 Å². The molecule has 0 spiro atoms. The van der Waals surface area contributed by atoms with Crippen molar-refractivity contribution in [2.24, 2.45) is 5.73 Å². The van der Waals surface area contributed by atoms with Crippen LogP contribution in [0.3, 0.4) is 0 Å². The van der Waals surface area contributed by atoms with Gasteiger partial charge in [0.05, 0.1) is 33.2 Å². The molecule has 3 heterocycles. The number of aromatic nitrogens is 3. The predicted octanol–water partition coefficient (Wildman–Crippen LogP) is 2.26. The van der Waals surface area contributed by atoms with E-state index in [0.717, 1.165) is 11.1 Å². The van der Waals surface area contributed by atoms with Gasteiger partial charge in [0.15, 0.2) is 46.7 Å². The standard InChI is InChI=1S/C23H26FN7O6/c1-23(2)20(32)29-19-13(37-23)6-7-16(28-19)27-18-12(24)10-26-22(30-18)31(21(25)33)11-8-14(34-3)17(36-5)15(9-11)35-4/h6-10,21,33H,25H2,1-5H3,(H2,26,27,28,29,30,32). The lowest BCUT2D eigenvalue weighted by atomic mass is 10.1. The highest BCUT2D eigenvalue weighted by atomic mass is 19.1. The summed E-state index contributed by atoms with van der Waals surface area (Å²) in [6.07, 6.45) is -0.720. The Morgan fingerprint density at radius 1 is 1.16 bits per heavy atom. The smallest absolute Gasteiger partial charge is 0.269 e. The molecule has 1 aromatic carbocycles. The number of amides is 1. The second kappa shape index (κ2) is 9.91. The quantitative estimate of drug-likeness (QED) is 0.324. The molecule has 0 saturated carbocycles. The Morgan fingerprint density at radius 3 is 2.43 bits per heavy atom. The Hall–Kier alpha value is -4.43. The Bertz CT molecular complexity index is 1310. The first-order chi connectivity index (χ1) is 17.6. The van der Waals surface area contributed by atoms with Gasteiger partial charge in [0.25, 0.3) is 5.91 Å². The van der Waals surface area contributed by atoms with Crippen molar-refractivity contribution in [1.82, 2.24) is 15.0 Å². The molecular weight excluding hydrogens is 489 g/mol. The van der Waals surface area contributed by atoms with Crippen LogP contribution in [0.15, 0.2) is 30.5 Å². The van der Waals surface area contributed by atoms with Gasteiger partial charge in [-0.2, -0.15) is 4.98 Å². The topological polar surface area (TPSA) is 166 Å². The third kappa shape index (κ3) is 4.96. The van der Waals surface area contributed by atoms with Crippen LogP contribution in [0.25, 0.3) is 0 Å². The van der Waals surface area contributed by atoms with Crippen LogP contribution < -0.4 is 40.2 Å². The zero-order valence-corrected chi connectivity index (χ0v) is 20.7. The van der Waals surface area contributed by atoms with Gasteiger partial charge in [0, 0.05) is 12.1 Å².